The molecule has 2 aliphatic heterocycles. The van der Waals surface area contributed by atoms with E-state index < -0.39 is 0 Å². The Labute approximate surface area is 170 Å². The highest BCUT2D eigenvalue weighted by Crippen LogP contribution is 2.34. The summed E-state index contributed by atoms with van der Waals surface area (Å²) in [5.74, 6) is 1.43. The van der Waals surface area contributed by atoms with E-state index in [4.69, 9.17) is 0 Å². The van der Waals surface area contributed by atoms with Crippen molar-refractivity contribution in [2.45, 2.75) is 31.3 Å². The van der Waals surface area contributed by atoms with Crippen molar-refractivity contribution in [3.8, 4) is 17.0 Å². The minimum atomic E-state index is -0.193. The molecule has 1 saturated carbocycles. The maximum absolute atomic E-state index is 11.3. The topological polar surface area (TPSA) is 90.4 Å². The van der Waals surface area contributed by atoms with Crippen molar-refractivity contribution in [3.05, 3.63) is 42.0 Å². The molecule has 3 N–H and O–H groups in total. The van der Waals surface area contributed by atoms with Gasteiger partial charge in [0.05, 0.1) is 5.69 Å². The monoisotopic (exact) mass is 393 g/mol. The van der Waals surface area contributed by atoms with E-state index in [-0.39, 0.29) is 11.7 Å². The third-order valence-electron chi connectivity index (χ3n) is 6.11. The maximum Gasteiger partial charge on any atom is 0.243 e. The number of benzene rings is 1. The number of carbonyl (C=O) groups excluding carboxylic acids is 1. The number of fused-ring (bicyclic) bond motifs is 3. The van der Waals surface area contributed by atoms with Crippen LogP contribution in [0.1, 0.15) is 24.8 Å². The molecule has 0 spiro atoms. The van der Waals surface area contributed by atoms with Crippen molar-refractivity contribution in [1.29, 1.82) is 0 Å². The standard InChI is InChI=1S/C22H27N5O2/c1-23-22(29)10-4-14-3-7-17(20(28)11-14)18-8-9-21(26-25-18)27(2)19-12-16-6-5-15(19)13-24-16/h3-4,7-11,15-16,19,24,28H,5-6,12-13H2,1-2H3,(H,23,29)/b10-4+/t15?,16?,19-/m1/s1. The Morgan fingerprint density at radius 1 is 1.28 bits per heavy atom. The molecule has 2 saturated heterocycles. The summed E-state index contributed by atoms with van der Waals surface area (Å²) in [5.41, 5.74) is 1.97. The number of likely N-dealkylation sites (N-methyl/N-ethyl adjacent to an activating group) is 1. The Kier molecular flexibility index (Phi) is 5.49. The first-order chi connectivity index (χ1) is 14.0. The molecule has 3 aliphatic rings. The quantitative estimate of drug-likeness (QED) is 0.675. The van der Waals surface area contributed by atoms with E-state index in [0.717, 1.165) is 24.3 Å². The summed E-state index contributed by atoms with van der Waals surface area (Å²) in [6.45, 7) is 1.08. The van der Waals surface area contributed by atoms with E-state index in [1.54, 1.807) is 25.3 Å². The van der Waals surface area contributed by atoms with E-state index in [9.17, 15) is 9.90 Å². The van der Waals surface area contributed by atoms with Gasteiger partial charge in [-0.15, -0.1) is 10.2 Å². The molecule has 2 bridgehead atoms. The number of amides is 1. The van der Waals surface area contributed by atoms with E-state index in [2.05, 4.69) is 32.8 Å². The van der Waals surface area contributed by atoms with Crippen molar-refractivity contribution in [2.24, 2.45) is 5.92 Å². The first-order valence-corrected chi connectivity index (χ1v) is 10.1. The summed E-state index contributed by atoms with van der Waals surface area (Å²) in [5, 5.41) is 25.3. The lowest BCUT2D eigenvalue weighted by Gasteiger charge is -2.47. The van der Waals surface area contributed by atoms with E-state index in [1.807, 2.05) is 18.2 Å². The second-order valence-electron chi connectivity index (χ2n) is 7.86. The van der Waals surface area contributed by atoms with Gasteiger partial charge in [-0.3, -0.25) is 4.79 Å². The molecular formula is C22H27N5O2. The Morgan fingerprint density at radius 2 is 2.14 bits per heavy atom. The van der Waals surface area contributed by atoms with Crippen LogP contribution in [0, 0.1) is 5.92 Å². The average molecular weight is 393 g/mol. The number of hydrogen-bond acceptors (Lipinski definition) is 6. The lowest BCUT2D eigenvalue weighted by atomic mass is 9.77. The molecule has 2 unspecified atom stereocenters. The molecule has 3 atom stereocenters. The number of aromatic hydroxyl groups is 1. The zero-order chi connectivity index (χ0) is 20.4. The first kappa shape index (κ1) is 19.4. The van der Waals surface area contributed by atoms with Crippen molar-refractivity contribution in [1.82, 2.24) is 20.8 Å². The molecule has 2 aromatic rings. The molecule has 152 valence electrons. The van der Waals surface area contributed by atoms with Crippen LogP contribution < -0.4 is 15.5 Å². The number of nitrogens with zero attached hydrogens (tertiary/aromatic N) is 3. The highest BCUT2D eigenvalue weighted by molar-refractivity contribution is 5.91. The predicted octanol–water partition coefficient (Wildman–Crippen LogP) is 2.19. The Hall–Kier alpha value is -2.93. The lowest BCUT2D eigenvalue weighted by Crippen LogP contribution is -2.56. The molecule has 1 aromatic heterocycles. The van der Waals surface area contributed by atoms with Crippen molar-refractivity contribution in [2.75, 3.05) is 25.5 Å². The molecular weight excluding hydrogens is 366 g/mol. The summed E-state index contributed by atoms with van der Waals surface area (Å²) in [6, 6.07) is 10.2. The highest BCUT2D eigenvalue weighted by atomic mass is 16.3. The fraction of sp³-hybridized carbons (Fsp3) is 0.409. The summed E-state index contributed by atoms with van der Waals surface area (Å²) in [7, 11) is 3.67. The average Bonchev–Trinajstić information content (AvgIpc) is 2.78. The van der Waals surface area contributed by atoms with Gasteiger partial charge >= 0.3 is 0 Å². The van der Waals surface area contributed by atoms with Crippen molar-refractivity contribution < 1.29 is 9.90 Å². The van der Waals surface area contributed by atoms with Gasteiger partial charge in [0.1, 0.15) is 5.75 Å². The van der Waals surface area contributed by atoms with Crippen LogP contribution in [-0.4, -0.2) is 53.9 Å². The summed E-state index contributed by atoms with van der Waals surface area (Å²) < 4.78 is 0. The molecule has 29 heavy (non-hydrogen) atoms. The molecule has 1 aromatic carbocycles. The lowest BCUT2D eigenvalue weighted by molar-refractivity contribution is -0.115. The number of phenolic OH excluding ortho intramolecular Hbond substituents is 1. The van der Waals surface area contributed by atoms with E-state index in [0.29, 0.717) is 29.3 Å². The van der Waals surface area contributed by atoms with Crippen LogP contribution in [0.5, 0.6) is 5.75 Å². The second kappa shape index (κ2) is 8.21. The number of rotatable bonds is 5. The van der Waals surface area contributed by atoms with Gasteiger partial charge in [0.2, 0.25) is 5.91 Å². The zero-order valence-electron chi connectivity index (χ0n) is 16.8. The maximum atomic E-state index is 11.3. The van der Waals surface area contributed by atoms with E-state index >= 15 is 0 Å². The number of nitrogens with one attached hydrogen (secondary N) is 2. The molecule has 7 nitrogen and oxygen atoms in total. The minimum Gasteiger partial charge on any atom is -0.507 e. The number of hydrogen-bond donors (Lipinski definition) is 3. The second-order valence-corrected chi connectivity index (χ2v) is 7.86. The third kappa shape index (κ3) is 4.10. The van der Waals surface area contributed by atoms with Crippen LogP contribution in [0.4, 0.5) is 5.82 Å². The highest BCUT2D eigenvalue weighted by Gasteiger charge is 2.37. The van der Waals surface area contributed by atoms with Crippen LogP contribution in [0.3, 0.4) is 0 Å². The molecule has 3 fully saturated rings. The Morgan fingerprint density at radius 3 is 2.72 bits per heavy atom. The molecule has 7 heteroatoms. The van der Waals surface area contributed by atoms with Gasteiger partial charge < -0.3 is 20.6 Å². The third-order valence-corrected chi connectivity index (χ3v) is 6.11. The van der Waals surface area contributed by atoms with Crippen LogP contribution in [0.15, 0.2) is 36.4 Å². The largest absolute Gasteiger partial charge is 0.507 e. The summed E-state index contributed by atoms with van der Waals surface area (Å²) >= 11 is 0. The molecule has 1 amide bonds. The van der Waals surface area contributed by atoms with Gasteiger partial charge in [-0.05, 0) is 61.1 Å². The first-order valence-electron chi connectivity index (χ1n) is 10.1. The summed E-state index contributed by atoms with van der Waals surface area (Å²) in [4.78, 5) is 13.6. The van der Waals surface area contributed by atoms with Gasteiger partial charge in [0.15, 0.2) is 5.82 Å². The van der Waals surface area contributed by atoms with Gasteiger partial charge in [-0.25, -0.2) is 0 Å². The zero-order valence-corrected chi connectivity index (χ0v) is 16.8. The van der Waals surface area contributed by atoms with Gasteiger partial charge in [0, 0.05) is 44.4 Å². The predicted molar refractivity (Wildman–Crippen MR) is 114 cm³/mol. The molecule has 1 aliphatic carbocycles. The minimum absolute atomic E-state index is 0.107. The van der Waals surface area contributed by atoms with E-state index in [1.165, 1.54) is 18.9 Å². The molecule has 5 rings (SSSR count). The van der Waals surface area contributed by atoms with Gasteiger partial charge in [-0.1, -0.05) is 6.07 Å². The van der Waals surface area contributed by atoms with Crippen LogP contribution in [-0.2, 0) is 4.79 Å². The van der Waals surface area contributed by atoms with Crippen molar-refractivity contribution >= 4 is 17.8 Å². The SMILES string of the molecule is CNC(=O)/C=C/c1ccc(-c2ccc(N(C)[C@@H]3CC4CCC3CN4)nn2)c(O)c1. The number of aromatic nitrogens is 2. The Balaban J connectivity index is 1.49. The molecule has 3 heterocycles. The normalized spacial score (nSPS) is 23.3. The number of carbonyl (C=O) groups is 1. The number of piperidine rings is 2. The van der Waals surface area contributed by atoms with Gasteiger partial charge in [-0.2, -0.15) is 0 Å². The van der Waals surface area contributed by atoms with Crippen LogP contribution in [0.2, 0.25) is 0 Å². The summed E-state index contributed by atoms with van der Waals surface area (Å²) in [6.07, 6.45) is 6.77. The number of phenols is 1. The Bertz CT molecular complexity index is 904. The number of anilines is 1. The van der Waals surface area contributed by atoms with Crippen molar-refractivity contribution in [3.63, 3.8) is 0 Å². The fourth-order valence-electron chi connectivity index (χ4n) is 4.38. The van der Waals surface area contributed by atoms with Crippen LogP contribution in [0.25, 0.3) is 17.3 Å². The fourth-order valence-corrected chi connectivity index (χ4v) is 4.38. The van der Waals surface area contributed by atoms with Crippen LogP contribution >= 0.6 is 0 Å². The van der Waals surface area contributed by atoms with Gasteiger partial charge in [0.25, 0.3) is 0 Å². The smallest absolute Gasteiger partial charge is 0.243 e. The molecule has 0 radical (unpaired) electrons.